The van der Waals surface area contributed by atoms with Crippen LogP contribution >= 0.6 is 0 Å². The van der Waals surface area contributed by atoms with Crippen LogP contribution in [0.2, 0.25) is 0 Å². The van der Waals surface area contributed by atoms with E-state index in [9.17, 15) is 13.2 Å². The lowest BCUT2D eigenvalue weighted by Gasteiger charge is -2.14. The van der Waals surface area contributed by atoms with Gasteiger partial charge in [0, 0.05) is 30.4 Å². The lowest BCUT2D eigenvalue weighted by molar-refractivity contribution is -0.121. The van der Waals surface area contributed by atoms with Crippen molar-refractivity contribution in [1.82, 2.24) is 29.6 Å². The molecule has 0 fully saturated rings. The van der Waals surface area contributed by atoms with E-state index in [0.29, 0.717) is 17.8 Å². The standard InChI is InChI=1S/C21H29N7O3S/c1-13(2)27-32(30,31)12-17-8-6-5-7-16(17)11-23-19(29)10-9-18-14(3)24-21-25-20(22)26-28(21)15(18)4/h5-8,13,27H,9-12H2,1-4H3,(H2,22,26)(H,23,29). The van der Waals surface area contributed by atoms with Gasteiger partial charge < -0.3 is 11.1 Å². The van der Waals surface area contributed by atoms with Crippen LogP contribution in [0, 0.1) is 13.8 Å². The molecule has 0 atom stereocenters. The largest absolute Gasteiger partial charge is 0.366 e. The Morgan fingerprint density at radius 1 is 1.16 bits per heavy atom. The fourth-order valence-corrected chi connectivity index (χ4v) is 5.08. The van der Waals surface area contributed by atoms with E-state index in [0.717, 1.165) is 22.5 Å². The van der Waals surface area contributed by atoms with E-state index in [1.54, 1.807) is 30.5 Å². The number of nitrogens with two attached hydrogens (primary N) is 1. The number of hydrogen-bond donors (Lipinski definition) is 3. The number of carbonyl (C=O) groups excluding carboxylic acids is 1. The molecule has 0 spiro atoms. The topological polar surface area (TPSA) is 144 Å². The minimum atomic E-state index is -3.46. The number of fused-ring (bicyclic) bond motifs is 1. The van der Waals surface area contributed by atoms with Crippen LogP contribution in [0.3, 0.4) is 0 Å². The maximum atomic E-state index is 12.5. The second kappa shape index (κ2) is 9.61. The number of carbonyl (C=O) groups is 1. The molecule has 1 amide bonds. The predicted molar refractivity (Wildman–Crippen MR) is 122 cm³/mol. The minimum Gasteiger partial charge on any atom is -0.366 e. The molecule has 10 nitrogen and oxygen atoms in total. The molecule has 3 rings (SSSR count). The van der Waals surface area contributed by atoms with Crippen LogP contribution < -0.4 is 15.8 Å². The molecule has 2 aromatic heterocycles. The number of benzene rings is 1. The highest BCUT2D eigenvalue weighted by atomic mass is 32.2. The number of nitrogens with zero attached hydrogens (tertiary/aromatic N) is 4. The summed E-state index contributed by atoms with van der Waals surface area (Å²) in [5.74, 6) is 0.311. The Bertz CT molecular complexity index is 1240. The quantitative estimate of drug-likeness (QED) is 0.439. The van der Waals surface area contributed by atoms with Crippen LogP contribution in [0.25, 0.3) is 5.78 Å². The van der Waals surface area contributed by atoms with Crippen molar-refractivity contribution in [2.45, 2.75) is 58.9 Å². The first kappa shape index (κ1) is 23.6. The summed E-state index contributed by atoms with van der Waals surface area (Å²) in [6.07, 6.45) is 0.745. The van der Waals surface area contributed by atoms with Crippen molar-refractivity contribution in [1.29, 1.82) is 0 Å². The van der Waals surface area contributed by atoms with Crippen LogP contribution in [-0.2, 0) is 33.5 Å². The second-order valence-corrected chi connectivity index (χ2v) is 9.77. The lowest BCUT2D eigenvalue weighted by atomic mass is 10.1. The molecule has 32 heavy (non-hydrogen) atoms. The van der Waals surface area contributed by atoms with Gasteiger partial charge >= 0.3 is 0 Å². The number of nitrogen functional groups attached to an aromatic ring is 1. The third-order valence-electron chi connectivity index (χ3n) is 5.02. The highest BCUT2D eigenvalue weighted by molar-refractivity contribution is 7.88. The molecule has 0 aliphatic heterocycles. The van der Waals surface area contributed by atoms with E-state index in [1.807, 2.05) is 26.0 Å². The number of aromatic nitrogens is 4. The summed E-state index contributed by atoms with van der Waals surface area (Å²) in [7, 11) is -3.46. The Labute approximate surface area is 187 Å². The van der Waals surface area contributed by atoms with Crippen LogP contribution in [0.1, 0.15) is 48.3 Å². The molecule has 0 aliphatic rings. The van der Waals surface area contributed by atoms with E-state index in [2.05, 4.69) is 25.1 Å². The molecule has 4 N–H and O–H groups in total. The zero-order valence-corrected chi connectivity index (χ0v) is 19.5. The SMILES string of the molecule is Cc1nc2nc(N)nn2c(C)c1CCC(=O)NCc1ccccc1CS(=O)(=O)NC(C)C. The summed E-state index contributed by atoms with van der Waals surface area (Å²) in [6.45, 7) is 7.56. The van der Waals surface area contributed by atoms with Gasteiger partial charge in [-0.1, -0.05) is 24.3 Å². The number of aryl methyl sites for hydroxylation is 2. The van der Waals surface area contributed by atoms with E-state index in [4.69, 9.17) is 5.73 Å². The Morgan fingerprint density at radius 3 is 2.53 bits per heavy atom. The number of anilines is 1. The molecule has 1 aromatic carbocycles. The number of rotatable bonds is 9. The van der Waals surface area contributed by atoms with Crippen molar-refractivity contribution in [2.75, 3.05) is 5.73 Å². The molecule has 0 aliphatic carbocycles. The van der Waals surface area contributed by atoms with Gasteiger partial charge in [-0.3, -0.25) is 4.79 Å². The summed E-state index contributed by atoms with van der Waals surface area (Å²) >= 11 is 0. The lowest BCUT2D eigenvalue weighted by Crippen LogP contribution is -2.32. The van der Waals surface area contributed by atoms with Crippen molar-refractivity contribution >= 4 is 27.7 Å². The Hall–Kier alpha value is -3.05. The van der Waals surface area contributed by atoms with Gasteiger partial charge in [0.05, 0.1) is 5.75 Å². The third kappa shape index (κ3) is 5.80. The highest BCUT2D eigenvalue weighted by Gasteiger charge is 2.17. The summed E-state index contributed by atoms with van der Waals surface area (Å²) < 4.78 is 28.8. The maximum Gasteiger partial charge on any atom is 0.254 e. The van der Waals surface area contributed by atoms with Gasteiger partial charge in [-0.2, -0.15) is 9.50 Å². The molecule has 0 bridgehead atoms. The minimum absolute atomic E-state index is 0.137. The average molecular weight is 460 g/mol. The van der Waals surface area contributed by atoms with Crippen molar-refractivity contribution in [3.05, 3.63) is 52.3 Å². The van der Waals surface area contributed by atoms with Crippen LogP contribution in [0.4, 0.5) is 5.95 Å². The number of hydrogen-bond acceptors (Lipinski definition) is 7. The number of amides is 1. The summed E-state index contributed by atoms with van der Waals surface area (Å²) in [4.78, 5) is 21.0. The first-order valence-electron chi connectivity index (χ1n) is 10.4. The van der Waals surface area contributed by atoms with Crippen molar-refractivity contribution < 1.29 is 13.2 Å². The molecule has 0 saturated heterocycles. The monoisotopic (exact) mass is 459 g/mol. The molecule has 0 saturated carbocycles. The predicted octanol–water partition coefficient (Wildman–Crippen LogP) is 1.40. The molecule has 172 valence electrons. The van der Waals surface area contributed by atoms with E-state index in [1.165, 1.54) is 0 Å². The fraction of sp³-hybridized carbons (Fsp3) is 0.429. The van der Waals surface area contributed by atoms with Gasteiger partial charge in [0.15, 0.2) is 0 Å². The number of sulfonamides is 1. The van der Waals surface area contributed by atoms with Crippen LogP contribution in [0.5, 0.6) is 0 Å². The number of nitrogens with one attached hydrogen (secondary N) is 2. The summed E-state index contributed by atoms with van der Waals surface area (Å²) in [5.41, 5.74) is 9.63. The summed E-state index contributed by atoms with van der Waals surface area (Å²) in [6, 6.07) is 7.02. The van der Waals surface area contributed by atoms with E-state index >= 15 is 0 Å². The second-order valence-electron chi connectivity index (χ2n) is 8.02. The zero-order valence-electron chi connectivity index (χ0n) is 18.7. The molecule has 0 unspecified atom stereocenters. The highest BCUT2D eigenvalue weighted by Crippen LogP contribution is 2.16. The normalized spacial score (nSPS) is 11.9. The molecule has 3 aromatic rings. The Morgan fingerprint density at radius 2 is 1.84 bits per heavy atom. The van der Waals surface area contributed by atoms with Gasteiger partial charge in [0.2, 0.25) is 21.9 Å². The molecular weight excluding hydrogens is 430 g/mol. The first-order chi connectivity index (χ1) is 15.1. The van der Waals surface area contributed by atoms with Crippen LogP contribution in [0.15, 0.2) is 24.3 Å². The van der Waals surface area contributed by atoms with Gasteiger partial charge in [-0.25, -0.2) is 18.1 Å². The smallest absolute Gasteiger partial charge is 0.254 e. The van der Waals surface area contributed by atoms with E-state index < -0.39 is 10.0 Å². The Balaban J connectivity index is 1.63. The molecule has 2 heterocycles. The van der Waals surface area contributed by atoms with Gasteiger partial charge in [0.1, 0.15) is 0 Å². The van der Waals surface area contributed by atoms with Crippen molar-refractivity contribution in [2.24, 2.45) is 0 Å². The average Bonchev–Trinajstić information content (AvgIpc) is 3.06. The first-order valence-corrected chi connectivity index (χ1v) is 12.0. The van der Waals surface area contributed by atoms with Gasteiger partial charge in [0.25, 0.3) is 5.78 Å². The van der Waals surface area contributed by atoms with E-state index in [-0.39, 0.29) is 36.6 Å². The van der Waals surface area contributed by atoms with Crippen LogP contribution in [-0.4, -0.2) is 39.9 Å². The Kier molecular flexibility index (Phi) is 7.09. The maximum absolute atomic E-state index is 12.5. The fourth-order valence-electron chi connectivity index (χ4n) is 3.58. The third-order valence-corrected chi connectivity index (χ3v) is 6.54. The zero-order chi connectivity index (χ0) is 23.5. The van der Waals surface area contributed by atoms with Gasteiger partial charge in [-0.15, -0.1) is 5.10 Å². The molecule has 11 heteroatoms. The van der Waals surface area contributed by atoms with Crippen molar-refractivity contribution in [3.63, 3.8) is 0 Å². The van der Waals surface area contributed by atoms with Gasteiger partial charge in [-0.05, 0) is 50.8 Å². The molecular formula is C21H29N7O3S. The van der Waals surface area contributed by atoms with Crippen molar-refractivity contribution in [3.8, 4) is 0 Å². The molecule has 0 radical (unpaired) electrons. The summed E-state index contributed by atoms with van der Waals surface area (Å²) in [5, 5.41) is 7.03.